The first kappa shape index (κ1) is 9.58. The maximum atomic E-state index is 13.2. The van der Waals surface area contributed by atoms with Crippen molar-refractivity contribution in [3.63, 3.8) is 0 Å². The van der Waals surface area contributed by atoms with Gasteiger partial charge in [0, 0.05) is 5.56 Å². The summed E-state index contributed by atoms with van der Waals surface area (Å²) in [5.41, 5.74) is 1.18. The van der Waals surface area contributed by atoms with Gasteiger partial charge in [-0.05, 0) is 24.6 Å². The zero-order chi connectivity index (χ0) is 10.8. The second-order valence-corrected chi connectivity index (χ2v) is 3.12. The van der Waals surface area contributed by atoms with Gasteiger partial charge < -0.3 is 4.52 Å². The first-order chi connectivity index (χ1) is 7.20. The molecule has 1 aromatic carbocycles. The molecule has 1 heterocycles. The summed E-state index contributed by atoms with van der Waals surface area (Å²) >= 11 is 0. The second kappa shape index (κ2) is 3.65. The third-order valence-electron chi connectivity index (χ3n) is 2.05. The lowest BCUT2D eigenvalue weighted by Crippen LogP contribution is -1.85. The molecular weight excluding hydrogens is 195 g/mol. The summed E-state index contributed by atoms with van der Waals surface area (Å²) in [6, 6.07) is 4.80. The van der Waals surface area contributed by atoms with Gasteiger partial charge in [0.25, 0.3) is 0 Å². The molecular formula is C11H9FN2O. The highest BCUT2D eigenvalue weighted by atomic mass is 19.1. The molecule has 0 aliphatic rings. The summed E-state index contributed by atoms with van der Waals surface area (Å²) in [5.74, 6) is 0.409. The van der Waals surface area contributed by atoms with Gasteiger partial charge in [-0.1, -0.05) is 23.9 Å². The molecule has 0 bridgehead atoms. The van der Waals surface area contributed by atoms with Gasteiger partial charge in [-0.25, -0.2) is 4.39 Å². The van der Waals surface area contributed by atoms with Crippen molar-refractivity contribution in [2.75, 3.05) is 0 Å². The zero-order valence-corrected chi connectivity index (χ0v) is 8.20. The molecule has 0 N–H and O–H groups in total. The van der Waals surface area contributed by atoms with Crippen molar-refractivity contribution in [1.29, 1.82) is 0 Å². The number of aromatic nitrogens is 2. The van der Waals surface area contributed by atoms with Gasteiger partial charge in [0.2, 0.25) is 11.7 Å². The molecule has 3 nitrogen and oxygen atoms in total. The first-order valence-corrected chi connectivity index (χ1v) is 4.43. The van der Waals surface area contributed by atoms with Crippen LogP contribution in [-0.2, 0) is 0 Å². The normalized spacial score (nSPS) is 10.3. The van der Waals surface area contributed by atoms with Gasteiger partial charge in [-0.3, -0.25) is 0 Å². The van der Waals surface area contributed by atoms with Crippen molar-refractivity contribution >= 4 is 6.08 Å². The molecule has 4 heteroatoms. The van der Waals surface area contributed by atoms with Crippen molar-refractivity contribution in [2.45, 2.75) is 6.92 Å². The van der Waals surface area contributed by atoms with Crippen molar-refractivity contribution in [3.8, 4) is 11.4 Å². The Kier molecular flexibility index (Phi) is 2.33. The molecule has 15 heavy (non-hydrogen) atoms. The van der Waals surface area contributed by atoms with Crippen LogP contribution in [-0.4, -0.2) is 10.1 Å². The van der Waals surface area contributed by atoms with Gasteiger partial charge in [0.15, 0.2) is 0 Å². The number of rotatable bonds is 2. The van der Waals surface area contributed by atoms with Crippen molar-refractivity contribution in [1.82, 2.24) is 10.1 Å². The van der Waals surface area contributed by atoms with E-state index >= 15 is 0 Å². The Bertz CT molecular complexity index is 505. The van der Waals surface area contributed by atoms with E-state index in [2.05, 4.69) is 16.7 Å². The van der Waals surface area contributed by atoms with E-state index in [1.165, 1.54) is 12.1 Å². The van der Waals surface area contributed by atoms with E-state index in [1.54, 1.807) is 19.1 Å². The maximum absolute atomic E-state index is 13.2. The number of hydrogen-bond donors (Lipinski definition) is 0. The zero-order valence-electron chi connectivity index (χ0n) is 8.20. The number of halogens is 1. The van der Waals surface area contributed by atoms with Gasteiger partial charge in [0.1, 0.15) is 5.82 Å². The van der Waals surface area contributed by atoms with E-state index < -0.39 is 0 Å². The van der Waals surface area contributed by atoms with E-state index in [0.717, 1.165) is 0 Å². The highest BCUT2D eigenvalue weighted by Crippen LogP contribution is 2.18. The molecule has 0 fully saturated rings. The standard InChI is InChI=1S/C11H9FN2O/c1-3-10-13-11(14-15-10)8-5-4-7(2)9(12)6-8/h3-6H,1H2,2H3. The Morgan fingerprint density at radius 3 is 2.87 bits per heavy atom. The quantitative estimate of drug-likeness (QED) is 0.755. The topological polar surface area (TPSA) is 38.9 Å². The molecule has 1 aromatic heterocycles. The molecule has 2 aromatic rings. The summed E-state index contributed by atoms with van der Waals surface area (Å²) < 4.78 is 18.1. The van der Waals surface area contributed by atoms with Crippen LogP contribution in [0.1, 0.15) is 11.5 Å². The van der Waals surface area contributed by atoms with E-state index in [0.29, 0.717) is 22.8 Å². The Morgan fingerprint density at radius 1 is 1.47 bits per heavy atom. The lowest BCUT2D eigenvalue weighted by molar-refractivity contribution is 0.411. The fourth-order valence-corrected chi connectivity index (χ4v) is 1.17. The minimum atomic E-state index is -0.280. The number of nitrogens with zero attached hydrogens (tertiary/aromatic N) is 2. The minimum absolute atomic E-state index is 0.280. The Morgan fingerprint density at radius 2 is 2.27 bits per heavy atom. The van der Waals surface area contributed by atoms with Gasteiger partial charge >= 0.3 is 0 Å². The van der Waals surface area contributed by atoms with Gasteiger partial charge in [-0.15, -0.1) is 0 Å². The third kappa shape index (κ3) is 1.79. The molecule has 76 valence electrons. The molecule has 0 saturated carbocycles. The van der Waals surface area contributed by atoms with E-state index in [9.17, 15) is 4.39 Å². The van der Waals surface area contributed by atoms with Crippen LogP contribution in [0.15, 0.2) is 29.3 Å². The Balaban J connectivity index is 2.44. The van der Waals surface area contributed by atoms with Crippen LogP contribution < -0.4 is 0 Å². The van der Waals surface area contributed by atoms with E-state index in [4.69, 9.17) is 4.52 Å². The first-order valence-electron chi connectivity index (χ1n) is 4.43. The summed E-state index contributed by atoms with van der Waals surface area (Å²) in [4.78, 5) is 4.01. The molecule has 2 rings (SSSR count). The molecule has 0 spiro atoms. The number of aryl methyl sites for hydroxylation is 1. The van der Waals surface area contributed by atoms with Crippen LogP contribution in [0, 0.1) is 12.7 Å². The summed E-state index contributed by atoms with van der Waals surface area (Å²) in [6.45, 7) is 5.20. The van der Waals surface area contributed by atoms with E-state index in [-0.39, 0.29) is 5.82 Å². The smallest absolute Gasteiger partial charge is 0.250 e. The Labute approximate surface area is 86.2 Å². The van der Waals surface area contributed by atoms with Crippen LogP contribution in [0.3, 0.4) is 0 Å². The largest absolute Gasteiger partial charge is 0.334 e. The lowest BCUT2D eigenvalue weighted by atomic mass is 10.1. The lowest BCUT2D eigenvalue weighted by Gasteiger charge is -1.97. The summed E-state index contributed by atoms with van der Waals surface area (Å²) in [5, 5.41) is 3.70. The summed E-state index contributed by atoms with van der Waals surface area (Å²) in [6.07, 6.45) is 1.45. The molecule has 0 radical (unpaired) electrons. The Hall–Kier alpha value is -1.97. The minimum Gasteiger partial charge on any atom is -0.334 e. The fourth-order valence-electron chi connectivity index (χ4n) is 1.17. The fraction of sp³-hybridized carbons (Fsp3) is 0.0909. The van der Waals surface area contributed by atoms with Crippen molar-refractivity contribution in [2.24, 2.45) is 0 Å². The molecule has 0 amide bonds. The predicted molar refractivity (Wildman–Crippen MR) is 54.5 cm³/mol. The average molecular weight is 204 g/mol. The monoisotopic (exact) mass is 204 g/mol. The van der Waals surface area contributed by atoms with Crippen LogP contribution >= 0.6 is 0 Å². The molecule has 0 aliphatic carbocycles. The van der Waals surface area contributed by atoms with Gasteiger partial charge in [0.05, 0.1) is 0 Å². The molecule has 0 aliphatic heterocycles. The SMILES string of the molecule is C=Cc1nc(-c2ccc(C)c(F)c2)no1. The predicted octanol–water partition coefficient (Wildman–Crippen LogP) is 2.83. The second-order valence-electron chi connectivity index (χ2n) is 3.12. The average Bonchev–Trinajstić information content (AvgIpc) is 2.70. The van der Waals surface area contributed by atoms with E-state index in [1.807, 2.05) is 0 Å². The summed E-state index contributed by atoms with van der Waals surface area (Å²) in [7, 11) is 0. The van der Waals surface area contributed by atoms with Crippen LogP contribution in [0.2, 0.25) is 0 Å². The highest BCUT2D eigenvalue weighted by molar-refractivity contribution is 5.56. The van der Waals surface area contributed by atoms with Crippen molar-refractivity contribution < 1.29 is 8.91 Å². The van der Waals surface area contributed by atoms with Gasteiger partial charge in [-0.2, -0.15) is 4.98 Å². The number of benzene rings is 1. The molecule has 0 saturated heterocycles. The van der Waals surface area contributed by atoms with Crippen LogP contribution in [0.25, 0.3) is 17.5 Å². The van der Waals surface area contributed by atoms with Crippen molar-refractivity contribution in [3.05, 3.63) is 42.0 Å². The van der Waals surface area contributed by atoms with Crippen LogP contribution in [0.5, 0.6) is 0 Å². The number of hydrogen-bond acceptors (Lipinski definition) is 3. The third-order valence-corrected chi connectivity index (χ3v) is 2.05. The van der Waals surface area contributed by atoms with Crippen LogP contribution in [0.4, 0.5) is 4.39 Å². The molecule has 0 unspecified atom stereocenters. The highest BCUT2D eigenvalue weighted by Gasteiger charge is 2.07. The maximum Gasteiger partial charge on any atom is 0.250 e. The molecule has 0 atom stereocenters.